The molecule has 4 heterocycles. The fourth-order valence-electron chi connectivity index (χ4n) is 8.12. The second kappa shape index (κ2) is 21.1. The number of thiazole rings is 1. The van der Waals surface area contributed by atoms with Crippen LogP contribution in [0.3, 0.4) is 0 Å². The fraction of sp³-hybridized carbons (Fsp3) is 0.587. The van der Waals surface area contributed by atoms with E-state index in [0.29, 0.717) is 49.8 Å². The summed E-state index contributed by atoms with van der Waals surface area (Å²) in [5, 5.41) is 7.94. The van der Waals surface area contributed by atoms with Gasteiger partial charge in [0.2, 0.25) is 0 Å². The summed E-state index contributed by atoms with van der Waals surface area (Å²) in [5.41, 5.74) is 15.8. The van der Waals surface area contributed by atoms with Crippen molar-refractivity contribution in [1.29, 1.82) is 0 Å². The number of aromatic nitrogens is 3. The number of rotatable bonds is 20. The van der Waals surface area contributed by atoms with Crippen molar-refractivity contribution >= 4 is 40.7 Å². The third-order valence-corrected chi connectivity index (χ3v) is 12.0. The number of nitrogens with two attached hydrogens (primary N) is 1. The van der Waals surface area contributed by atoms with Crippen LogP contribution in [-0.4, -0.2) is 89.6 Å². The van der Waals surface area contributed by atoms with Gasteiger partial charge >= 0.3 is 6.09 Å². The van der Waals surface area contributed by atoms with Crippen LogP contribution >= 0.6 is 11.3 Å². The first kappa shape index (κ1) is 47.6. The molecule has 4 N–H and O–H groups in total. The van der Waals surface area contributed by atoms with Crippen molar-refractivity contribution in [2.24, 2.45) is 11.1 Å². The average molecular weight is 862 g/mol. The van der Waals surface area contributed by atoms with Gasteiger partial charge in [-0.05, 0) is 115 Å². The maximum absolute atomic E-state index is 14.1. The smallest absolute Gasteiger partial charge is 0.408 e. The molecule has 4 atom stereocenters. The lowest BCUT2D eigenvalue weighted by molar-refractivity contribution is -0.142. The lowest BCUT2D eigenvalue weighted by Gasteiger charge is -2.34. The predicted octanol–water partition coefficient (Wildman–Crippen LogP) is 8.24. The maximum Gasteiger partial charge on any atom is 0.408 e. The molecule has 0 unspecified atom stereocenters. The molecule has 0 spiro atoms. The summed E-state index contributed by atoms with van der Waals surface area (Å²) < 4.78 is 25.5. The Labute approximate surface area is 365 Å². The number of benzene rings is 1. The van der Waals surface area contributed by atoms with Gasteiger partial charge in [0.25, 0.3) is 12.4 Å². The third kappa shape index (κ3) is 11.5. The number of hydrogen-bond donors (Lipinski definition) is 3. The Morgan fingerprint density at radius 1 is 1.11 bits per heavy atom. The van der Waals surface area contributed by atoms with E-state index in [1.165, 1.54) is 11.3 Å². The van der Waals surface area contributed by atoms with Crippen LogP contribution in [0.5, 0.6) is 0 Å². The van der Waals surface area contributed by atoms with E-state index in [4.69, 9.17) is 34.6 Å². The molecule has 15 heteroatoms. The van der Waals surface area contributed by atoms with Crippen molar-refractivity contribution in [3.8, 4) is 22.5 Å². The quantitative estimate of drug-likeness (QED) is 0.0731. The molecule has 1 aliphatic heterocycles. The van der Waals surface area contributed by atoms with E-state index in [1.807, 2.05) is 25.4 Å². The third-order valence-electron chi connectivity index (χ3n) is 11.1. The van der Waals surface area contributed by atoms with Gasteiger partial charge in [-0.1, -0.05) is 26.8 Å². The molecule has 0 aliphatic carbocycles. The number of methoxy groups -OCH3 is 1. The number of pyridine rings is 1. The van der Waals surface area contributed by atoms with Crippen molar-refractivity contribution in [1.82, 2.24) is 30.3 Å². The SMILES string of the molecule is CCO[C@H](c1nc(-c2ccc3c(c2)c(CC(C)(C)COC=O)c(-c2cc([C@@H](CC)CCN)cnc2[C@H](C)OC)n3CC)cs1)[C@H](NC(=O)OC(C)(C)C)C(=O)N1CCCCN1. The van der Waals surface area contributed by atoms with Gasteiger partial charge in [-0.15, -0.1) is 11.3 Å². The molecule has 61 heavy (non-hydrogen) atoms. The van der Waals surface area contributed by atoms with Gasteiger partial charge in [0, 0.05) is 72.4 Å². The van der Waals surface area contributed by atoms with Crippen molar-refractivity contribution < 1.29 is 33.3 Å². The monoisotopic (exact) mass is 861 g/mol. The first-order valence-corrected chi connectivity index (χ1v) is 22.5. The zero-order valence-electron chi connectivity index (χ0n) is 37.8. The van der Waals surface area contributed by atoms with Crippen LogP contribution in [0.1, 0.15) is 128 Å². The second-order valence-electron chi connectivity index (χ2n) is 17.5. The number of hydrogen-bond acceptors (Lipinski definition) is 12. The minimum atomic E-state index is -1.10. The van der Waals surface area contributed by atoms with Crippen molar-refractivity contribution in [3.63, 3.8) is 0 Å². The van der Waals surface area contributed by atoms with Crippen LogP contribution in [0.25, 0.3) is 33.4 Å². The first-order valence-electron chi connectivity index (χ1n) is 21.6. The summed E-state index contributed by atoms with van der Waals surface area (Å²) in [4.78, 5) is 49.0. The van der Waals surface area contributed by atoms with E-state index < -0.39 is 29.3 Å². The average Bonchev–Trinajstić information content (AvgIpc) is 3.85. The highest BCUT2D eigenvalue weighted by Crippen LogP contribution is 2.43. The molecular weight excluding hydrogens is 795 g/mol. The highest BCUT2D eigenvalue weighted by atomic mass is 32.1. The molecule has 0 saturated carbocycles. The number of aryl methyl sites for hydroxylation is 1. The Bertz CT molecular complexity index is 2100. The van der Waals surface area contributed by atoms with Gasteiger partial charge in [-0.3, -0.25) is 19.6 Å². The Morgan fingerprint density at radius 3 is 2.51 bits per heavy atom. The van der Waals surface area contributed by atoms with E-state index in [2.05, 4.69) is 67.3 Å². The molecule has 334 valence electrons. The van der Waals surface area contributed by atoms with Gasteiger partial charge in [-0.2, -0.15) is 0 Å². The molecule has 0 radical (unpaired) electrons. The summed E-state index contributed by atoms with van der Waals surface area (Å²) in [5.74, 6) is -0.0738. The summed E-state index contributed by atoms with van der Waals surface area (Å²) >= 11 is 1.38. The highest BCUT2D eigenvalue weighted by Gasteiger charge is 2.38. The minimum absolute atomic E-state index is 0.237. The summed E-state index contributed by atoms with van der Waals surface area (Å²) in [6.07, 6.45) is 4.25. The Morgan fingerprint density at radius 2 is 1.89 bits per heavy atom. The number of hydrazine groups is 1. The number of carbonyl (C=O) groups is 3. The predicted molar refractivity (Wildman–Crippen MR) is 240 cm³/mol. The van der Waals surface area contributed by atoms with E-state index in [9.17, 15) is 14.4 Å². The zero-order valence-corrected chi connectivity index (χ0v) is 38.6. The number of nitrogens with one attached hydrogen (secondary N) is 2. The van der Waals surface area contributed by atoms with Crippen molar-refractivity contribution in [2.45, 2.75) is 131 Å². The van der Waals surface area contributed by atoms with Crippen LogP contribution < -0.4 is 16.5 Å². The van der Waals surface area contributed by atoms with Gasteiger partial charge in [-0.25, -0.2) is 15.2 Å². The van der Waals surface area contributed by atoms with Crippen LogP contribution in [0.2, 0.25) is 0 Å². The number of carbonyl (C=O) groups excluding carboxylic acids is 3. The zero-order chi connectivity index (χ0) is 44.5. The molecule has 5 rings (SSSR count). The minimum Gasteiger partial charge on any atom is -0.467 e. The topological polar surface area (TPSA) is 172 Å². The van der Waals surface area contributed by atoms with Crippen LogP contribution in [0.15, 0.2) is 35.8 Å². The molecule has 0 bridgehead atoms. The lowest BCUT2D eigenvalue weighted by Crippen LogP contribution is -2.57. The number of ether oxygens (including phenoxy) is 4. The number of amides is 2. The molecule has 1 aromatic carbocycles. The Balaban J connectivity index is 1.68. The molecule has 2 amide bonds. The normalized spacial score (nSPS) is 15.6. The molecule has 1 saturated heterocycles. The lowest BCUT2D eigenvalue weighted by atomic mass is 9.83. The maximum atomic E-state index is 14.1. The van der Waals surface area contributed by atoms with E-state index >= 15 is 0 Å². The van der Waals surface area contributed by atoms with Gasteiger partial charge < -0.3 is 34.6 Å². The molecule has 3 aromatic heterocycles. The van der Waals surface area contributed by atoms with E-state index in [0.717, 1.165) is 70.2 Å². The number of fused-ring (bicyclic) bond motifs is 1. The first-order chi connectivity index (χ1) is 29.1. The number of nitrogens with zero attached hydrogens (tertiary/aromatic N) is 4. The van der Waals surface area contributed by atoms with Crippen LogP contribution in [0.4, 0.5) is 4.79 Å². The molecule has 1 fully saturated rings. The summed E-state index contributed by atoms with van der Waals surface area (Å²) in [6.45, 7) is 21.2. The Kier molecular flexibility index (Phi) is 16.5. The van der Waals surface area contributed by atoms with Crippen LogP contribution in [-0.2, 0) is 41.5 Å². The largest absolute Gasteiger partial charge is 0.467 e. The highest BCUT2D eigenvalue weighted by molar-refractivity contribution is 7.10. The van der Waals surface area contributed by atoms with Crippen molar-refractivity contribution in [2.75, 3.05) is 40.0 Å². The molecule has 4 aromatic rings. The van der Waals surface area contributed by atoms with E-state index in [1.54, 1.807) is 32.9 Å². The standard InChI is InChI=1S/C46H67N7O7S/c1-11-30(18-19-47)32-23-34(38(48-25-32)29(4)57-10)40-35(24-46(8,9)27-58-28-54)33-22-31(16-17-37(33)52(40)12-2)36-26-61-42(50-36)41(59-13-3)39(51-44(56)60-45(5,6)7)43(55)53-21-15-14-20-49-53/h16-17,22-23,25-26,28-30,39,41,49H,11-15,18-21,24,27,47H2,1-10H3,(H,51,56)/t29-,30-,39-,41-/m0/s1. The second-order valence-corrected chi connectivity index (χ2v) is 18.4. The summed E-state index contributed by atoms with van der Waals surface area (Å²) in [7, 11) is 1.70. The fourth-order valence-corrected chi connectivity index (χ4v) is 9.03. The molecule has 1 aliphatic rings. The van der Waals surface area contributed by atoms with Crippen LogP contribution in [0, 0.1) is 5.41 Å². The summed E-state index contributed by atoms with van der Waals surface area (Å²) in [6, 6.07) is 7.54. The Hall–Kier alpha value is -4.41. The van der Waals surface area contributed by atoms with Crippen molar-refractivity contribution in [3.05, 3.63) is 57.7 Å². The van der Waals surface area contributed by atoms with Gasteiger partial charge in [0.1, 0.15) is 22.8 Å². The molecular formula is C46H67N7O7S. The molecule has 14 nitrogen and oxygen atoms in total. The number of alkyl carbamates (subject to hydrolysis) is 1. The van der Waals surface area contributed by atoms with Gasteiger partial charge in [0.15, 0.2) is 0 Å². The van der Waals surface area contributed by atoms with E-state index in [-0.39, 0.29) is 31.1 Å². The van der Waals surface area contributed by atoms with Gasteiger partial charge in [0.05, 0.1) is 29.8 Å².